The summed E-state index contributed by atoms with van der Waals surface area (Å²) in [6.45, 7) is 4.02. The van der Waals surface area contributed by atoms with Gasteiger partial charge in [-0.05, 0) is 68.6 Å². The molecule has 0 heterocycles. The molecule has 132 valence electrons. The Labute approximate surface area is 143 Å². The smallest absolute Gasteiger partial charge is 0.171 e. The van der Waals surface area contributed by atoms with E-state index in [1.807, 2.05) is 0 Å². The van der Waals surface area contributed by atoms with Crippen molar-refractivity contribution in [1.82, 2.24) is 0 Å². The quantitative estimate of drug-likeness (QED) is 0.723. The van der Waals surface area contributed by atoms with Crippen molar-refractivity contribution in [2.45, 2.75) is 64.6 Å². The van der Waals surface area contributed by atoms with Gasteiger partial charge in [0.15, 0.2) is 5.78 Å². The minimum Gasteiger partial charge on any atom is -0.386 e. The van der Waals surface area contributed by atoms with Crippen LogP contribution in [0.15, 0.2) is 11.6 Å². The van der Waals surface area contributed by atoms with Gasteiger partial charge < -0.3 is 10.2 Å². The van der Waals surface area contributed by atoms with E-state index < -0.39 is 12.2 Å². The molecule has 4 aliphatic carbocycles. The van der Waals surface area contributed by atoms with Gasteiger partial charge in [0.1, 0.15) is 18.0 Å². The van der Waals surface area contributed by atoms with Crippen LogP contribution in [0.2, 0.25) is 0 Å². The lowest BCUT2D eigenvalue weighted by Crippen LogP contribution is -2.52. The molecule has 0 aliphatic heterocycles. The lowest BCUT2D eigenvalue weighted by atomic mass is 9.50. The van der Waals surface area contributed by atoms with E-state index in [1.165, 1.54) is 0 Å². The first-order chi connectivity index (χ1) is 11.3. The maximum Gasteiger partial charge on any atom is 0.171 e. The Balaban J connectivity index is 1.65. The maximum absolute atomic E-state index is 12.7. The van der Waals surface area contributed by atoms with Crippen LogP contribution in [-0.4, -0.2) is 34.0 Å². The number of carbonyl (C=O) groups is 2. The van der Waals surface area contributed by atoms with Crippen LogP contribution in [0.4, 0.5) is 0 Å². The average molecular weight is 332 g/mol. The van der Waals surface area contributed by atoms with Gasteiger partial charge >= 0.3 is 0 Å². The molecule has 0 saturated heterocycles. The minimum atomic E-state index is -1.26. The molecule has 24 heavy (non-hydrogen) atoms. The zero-order chi connectivity index (χ0) is 17.2. The van der Waals surface area contributed by atoms with Crippen LogP contribution in [0.1, 0.15) is 52.4 Å². The molecular weight excluding hydrogens is 304 g/mol. The van der Waals surface area contributed by atoms with Gasteiger partial charge in [0, 0.05) is 11.8 Å². The summed E-state index contributed by atoms with van der Waals surface area (Å²) in [5.41, 5.74) is 1.13. The van der Waals surface area contributed by atoms with Crippen LogP contribution in [0, 0.1) is 35.0 Å². The zero-order valence-electron chi connectivity index (χ0n) is 14.6. The van der Waals surface area contributed by atoms with E-state index in [-0.39, 0.29) is 29.0 Å². The molecule has 0 spiro atoms. The van der Waals surface area contributed by atoms with Gasteiger partial charge in [-0.1, -0.05) is 18.6 Å². The Morgan fingerprint density at radius 2 is 1.92 bits per heavy atom. The second kappa shape index (κ2) is 5.50. The van der Waals surface area contributed by atoms with E-state index in [0.717, 1.165) is 44.1 Å². The second-order valence-electron chi connectivity index (χ2n) is 8.82. The van der Waals surface area contributed by atoms with Gasteiger partial charge in [0.25, 0.3) is 0 Å². The van der Waals surface area contributed by atoms with Crippen LogP contribution in [0.3, 0.4) is 0 Å². The summed E-state index contributed by atoms with van der Waals surface area (Å²) < 4.78 is 0. The van der Waals surface area contributed by atoms with Crippen molar-refractivity contribution >= 4 is 11.6 Å². The van der Waals surface area contributed by atoms with Crippen molar-refractivity contribution in [1.29, 1.82) is 0 Å². The van der Waals surface area contributed by atoms with Gasteiger partial charge in [0.2, 0.25) is 0 Å². The number of fused-ring (bicyclic) bond motifs is 5. The topological polar surface area (TPSA) is 74.6 Å². The van der Waals surface area contributed by atoms with Crippen molar-refractivity contribution in [2.75, 3.05) is 0 Å². The van der Waals surface area contributed by atoms with Crippen LogP contribution in [0.5, 0.6) is 0 Å². The molecule has 4 heteroatoms. The molecule has 3 saturated carbocycles. The normalized spacial score (nSPS) is 50.6. The molecule has 0 aromatic rings. The molecule has 2 unspecified atom stereocenters. The van der Waals surface area contributed by atoms with Crippen molar-refractivity contribution in [2.24, 2.45) is 35.0 Å². The molecule has 3 fully saturated rings. The summed E-state index contributed by atoms with van der Waals surface area (Å²) in [4.78, 5) is 24.8. The fourth-order valence-electron chi connectivity index (χ4n) is 6.82. The highest BCUT2D eigenvalue weighted by Gasteiger charge is 2.58. The second-order valence-corrected chi connectivity index (χ2v) is 8.82. The van der Waals surface area contributed by atoms with Crippen LogP contribution in [-0.2, 0) is 9.59 Å². The van der Waals surface area contributed by atoms with Gasteiger partial charge in [0.05, 0.1) is 0 Å². The Bertz CT molecular complexity index is 609. The molecule has 0 aromatic carbocycles. The van der Waals surface area contributed by atoms with Crippen LogP contribution in [0.25, 0.3) is 0 Å². The van der Waals surface area contributed by atoms with E-state index in [4.69, 9.17) is 0 Å². The average Bonchev–Trinajstić information content (AvgIpc) is 2.89. The van der Waals surface area contributed by atoms with Crippen molar-refractivity contribution in [3.63, 3.8) is 0 Å². The summed E-state index contributed by atoms with van der Waals surface area (Å²) in [6, 6.07) is 0. The van der Waals surface area contributed by atoms with Crippen LogP contribution < -0.4 is 0 Å². The lowest BCUT2D eigenvalue weighted by molar-refractivity contribution is -0.142. The molecule has 8 atom stereocenters. The van der Waals surface area contributed by atoms with E-state index in [2.05, 4.69) is 6.92 Å². The maximum atomic E-state index is 12.7. The Hall–Kier alpha value is -1.00. The van der Waals surface area contributed by atoms with Crippen molar-refractivity contribution < 1.29 is 19.8 Å². The summed E-state index contributed by atoms with van der Waals surface area (Å²) in [5.74, 6) is 1.38. The number of hydrogen-bond acceptors (Lipinski definition) is 4. The van der Waals surface area contributed by atoms with E-state index in [9.17, 15) is 19.8 Å². The third-order valence-electron chi connectivity index (χ3n) is 7.88. The van der Waals surface area contributed by atoms with E-state index >= 15 is 0 Å². The molecule has 0 aromatic heterocycles. The third-order valence-corrected chi connectivity index (χ3v) is 7.88. The number of Topliss-reactive ketones (excluding diaryl/α,β-unsaturated/α-hetero) is 2. The van der Waals surface area contributed by atoms with Crippen molar-refractivity contribution in [3.05, 3.63) is 11.6 Å². The number of carbonyl (C=O) groups excluding carboxylic acids is 2. The third kappa shape index (κ3) is 2.12. The van der Waals surface area contributed by atoms with Crippen LogP contribution >= 0.6 is 0 Å². The summed E-state index contributed by atoms with van der Waals surface area (Å²) in [5, 5.41) is 19.9. The molecule has 4 nitrogen and oxygen atoms in total. The lowest BCUT2D eigenvalue weighted by Gasteiger charge is -2.53. The Morgan fingerprint density at radius 3 is 2.62 bits per heavy atom. The molecular formula is C20H28O4. The highest BCUT2D eigenvalue weighted by molar-refractivity contribution is 5.90. The largest absolute Gasteiger partial charge is 0.386 e. The number of ketones is 2. The SMILES string of the molecule is CC(=O)[C@H]1CC[C@H]2[C@@H]3CCC4=CC(O)C(O)C(=O)[C@@H]4[C@H]3CC[C@]12C. The van der Waals surface area contributed by atoms with E-state index in [1.54, 1.807) is 13.0 Å². The molecule has 0 radical (unpaired) electrons. The summed E-state index contributed by atoms with van der Waals surface area (Å²) in [6.07, 6.45) is 5.36. The zero-order valence-corrected chi connectivity index (χ0v) is 14.6. The minimum absolute atomic E-state index is 0.0874. The molecule has 4 aliphatic rings. The number of rotatable bonds is 1. The molecule has 0 amide bonds. The van der Waals surface area contributed by atoms with E-state index in [0.29, 0.717) is 17.6 Å². The molecule has 2 N–H and O–H groups in total. The molecule has 0 bridgehead atoms. The Morgan fingerprint density at radius 1 is 1.17 bits per heavy atom. The first-order valence-corrected chi connectivity index (χ1v) is 9.45. The van der Waals surface area contributed by atoms with Gasteiger partial charge in [-0.25, -0.2) is 0 Å². The number of aliphatic hydroxyl groups is 2. The summed E-state index contributed by atoms with van der Waals surface area (Å²) >= 11 is 0. The highest BCUT2D eigenvalue weighted by Crippen LogP contribution is 2.63. The standard InChI is InChI=1S/C20H28O4/c1-10(21)14-5-6-15-12-4-3-11-9-16(22)18(23)19(24)17(11)13(12)7-8-20(14,15)2/h9,12-18,22-23H,3-8H2,1-2H3/t12-,13+,14-,15+,16?,17+,18?,20-/m1/s1. The van der Waals surface area contributed by atoms with Gasteiger partial charge in [-0.15, -0.1) is 0 Å². The predicted octanol–water partition coefficient (Wildman–Crippen LogP) is 2.28. The first kappa shape index (κ1) is 16.5. The van der Waals surface area contributed by atoms with Gasteiger partial charge in [-0.3, -0.25) is 9.59 Å². The number of allylic oxidation sites excluding steroid dienone is 1. The first-order valence-electron chi connectivity index (χ1n) is 9.45. The Kier molecular flexibility index (Phi) is 3.77. The fraction of sp³-hybridized carbons (Fsp3) is 0.800. The van der Waals surface area contributed by atoms with Crippen molar-refractivity contribution in [3.8, 4) is 0 Å². The number of aliphatic hydroxyl groups excluding tert-OH is 2. The fourth-order valence-corrected chi connectivity index (χ4v) is 6.82. The van der Waals surface area contributed by atoms with Gasteiger partial charge in [-0.2, -0.15) is 0 Å². The predicted molar refractivity (Wildman–Crippen MR) is 89.0 cm³/mol. The molecule has 4 rings (SSSR count). The highest BCUT2D eigenvalue weighted by atomic mass is 16.3. The monoisotopic (exact) mass is 332 g/mol. The number of hydrogen-bond donors (Lipinski definition) is 2. The summed E-state index contributed by atoms with van der Waals surface area (Å²) in [7, 11) is 0.